The van der Waals surface area contributed by atoms with Gasteiger partial charge in [-0.05, 0) is 31.5 Å². The largest absolute Gasteiger partial charge is 0.299 e. The Morgan fingerprint density at radius 3 is 2.53 bits per heavy atom. The smallest absolute Gasteiger partial charge is 0.186 e. The predicted molar refractivity (Wildman–Crippen MR) is 73.0 cm³/mol. The molecular formula is C14H19NOS. The summed E-state index contributed by atoms with van der Waals surface area (Å²) in [5.74, 6) is 0. The first kappa shape index (κ1) is 12.7. The minimum absolute atomic E-state index is 0.256. The third kappa shape index (κ3) is 4.17. The molecule has 3 heteroatoms. The second-order valence-electron chi connectivity index (χ2n) is 4.57. The fourth-order valence-electron chi connectivity index (χ4n) is 2.26. The van der Waals surface area contributed by atoms with E-state index in [-0.39, 0.29) is 5.12 Å². The topological polar surface area (TPSA) is 20.3 Å². The van der Waals surface area contributed by atoms with Crippen LogP contribution in [0, 0.1) is 0 Å². The molecule has 0 spiro atoms. The van der Waals surface area contributed by atoms with Gasteiger partial charge >= 0.3 is 0 Å². The van der Waals surface area contributed by atoms with E-state index in [2.05, 4.69) is 35.2 Å². The van der Waals surface area contributed by atoms with Crippen molar-refractivity contribution < 1.29 is 4.79 Å². The van der Waals surface area contributed by atoms with Crippen molar-refractivity contribution in [2.45, 2.75) is 31.6 Å². The molecule has 0 aliphatic carbocycles. The highest BCUT2D eigenvalue weighted by atomic mass is 32.2. The average molecular weight is 249 g/mol. The first-order chi connectivity index (χ1) is 8.24. The highest BCUT2D eigenvalue weighted by molar-refractivity contribution is 8.14. The Hall–Kier alpha value is -0.800. The number of piperidine rings is 1. The van der Waals surface area contributed by atoms with Crippen LogP contribution in [0.25, 0.3) is 0 Å². The van der Waals surface area contributed by atoms with Crippen LogP contribution in [-0.2, 0) is 11.3 Å². The second kappa shape index (κ2) is 6.22. The molecule has 1 saturated heterocycles. The normalized spacial score (nSPS) is 18.2. The van der Waals surface area contributed by atoms with Crippen molar-refractivity contribution in [3.05, 3.63) is 35.9 Å². The number of likely N-dealkylation sites (tertiary alicyclic amines) is 1. The van der Waals surface area contributed by atoms with E-state index in [9.17, 15) is 4.79 Å². The number of rotatable bonds is 3. The molecule has 1 aromatic carbocycles. The minimum Gasteiger partial charge on any atom is -0.299 e. The van der Waals surface area contributed by atoms with Gasteiger partial charge in [0.25, 0.3) is 0 Å². The molecule has 0 aromatic heterocycles. The van der Waals surface area contributed by atoms with E-state index < -0.39 is 0 Å². The van der Waals surface area contributed by atoms with E-state index in [0.29, 0.717) is 5.25 Å². The number of carbonyl (C=O) groups excluding carboxylic acids is 1. The molecule has 0 atom stereocenters. The molecule has 0 saturated carbocycles. The van der Waals surface area contributed by atoms with Gasteiger partial charge in [-0.15, -0.1) is 0 Å². The molecule has 1 heterocycles. The van der Waals surface area contributed by atoms with Gasteiger partial charge in [-0.2, -0.15) is 0 Å². The lowest BCUT2D eigenvalue weighted by atomic mass is 10.1. The lowest BCUT2D eigenvalue weighted by molar-refractivity contribution is -0.109. The summed E-state index contributed by atoms with van der Waals surface area (Å²) in [6.45, 7) is 4.93. The molecule has 1 aromatic rings. The zero-order chi connectivity index (χ0) is 12.1. The third-order valence-corrected chi connectivity index (χ3v) is 4.25. The van der Waals surface area contributed by atoms with Crippen LogP contribution in [0.4, 0.5) is 0 Å². The van der Waals surface area contributed by atoms with Crippen LogP contribution in [0.1, 0.15) is 25.3 Å². The van der Waals surface area contributed by atoms with Crippen molar-refractivity contribution in [1.29, 1.82) is 0 Å². The second-order valence-corrected chi connectivity index (χ2v) is 6.05. The summed E-state index contributed by atoms with van der Waals surface area (Å²) in [5.41, 5.74) is 1.38. The minimum atomic E-state index is 0.256. The number of nitrogens with zero attached hydrogens (tertiary/aromatic N) is 1. The van der Waals surface area contributed by atoms with E-state index in [1.165, 1.54) is 17.3 Å². The number of hydrogen-bond donors (Lipinski definition) is 0. The SMILES string of the molecule is CC(=O)SC1CCN(Cc2ccccc2)CC1. The Bertz CT molecular complexity index is 358. The summed E-state index contributed by atoms with van der Waals surface area (Å²) >= 11 is 1.52. The van der Waals surface area contributed by atoms with Crippen LogP contribution in [0.3, 0.4) is 0 Å². The molecule has 0 radical (unpaired) electrons. The maximum Gasteiger partial charge on any atom is 0.186 e. The maximum absolute atomic E-state index is 11.0. The standard InChI is InChI=1S/C14H19NOS/c1-12(16)17-14-7-9-15(10-8-14)11-13-5-3-2-4-6-13/h2-6,14H,7-11H2,1H3. The summed E-state index contributed by atoms with van der Waals surface area (Å²) in [7, 11) is 0. The Kier molecular flexibility index (Phi) is 4.63. The summed E-state index contributed by atoms with van der Waals surface area (Å²) in [5, 5.41) is 0.797. The van der Waals surface area contributed by atoms with Crippen LogP contribution in [-0.4, -0.2) is 28.4 Å². The van der Waals surface area contributed by atoms with E-state index in [1.54, 1.807) is 6.92 Å². The third-order valence-electron chi connectivity index (χ3n) is 3.12. The Morgan fingerprint density at radius 2 is 1.94 bits per heavy atom. The summed E-state index contributed by atoms with van der Waals surface area (Å²) in [6.07, 6.45) is 2.27. The highest BCUT2D eigenvalue weighted by Crippen LogP contribution is 2.24. The highest BCUT2D eigenvalue weighted by Gasteiger charge is 2.20. The van der Waals surface area contributed by atoms with E-state index >= 15 is 0 Å². The van der Waals surface area contributed by atoms with Crippen molar-refractivity contribution in [3.8, 4) is 0 Å². The monoisotopic (exact) mass is 249 g/mol. The van der Waals surface area contributed by atoms with Crippen LogP contribution < -0.4 is 0 Å². The number of benzene rings is 1. The zero-order valence-electron chi connectivity index (χ0n) is 10.3. The maximum atomic E-state index is 11.0. The molecule has 92 valence electrons. The fraction of sp³-hybridized carbons (Fsp3) is 0.500. The van der Waals surface area contributed by atoms with Crippen molar-refractivity contribution >= 4 is 16.9 Å². The number of carbonyl (C=O) groups is 1. The fourth-order valence-corrected chi connectivity index (χ4v) is 3.18. The Morgan fingerprint density at radius 1 is 1.29 bits per heavy atom. The van der Waals surface area contributed by atoms with Crippen LogP contribution in [0.5, 0.6) is 0 Å². The number of hydrogen-bond acceptors (Lipinski definition) is 3. The van der Waals surface area contributed by atoms with Crippen molar-refractivity contribution in [2.75, 3.05) is 13.1 Å². The van der Waals surface area contributed by atoms with Gasteiger partial charge < -0.3 is 0 Å². The van der Waals surface area contributed by atoms with Gasteiger partial charge in [-0.3, -0.25) is 9.69 Å². The lowest BCUT2D eigenvalue weighted by Crippen LogP contribution is -2.34. The summed E-state index contributed by atoms with van der Waals surface area (Å²) in [6, 6.07) is 10.6. The van der Waals surface area contributed by atoms with Gasteiger partial charge in [0, 0.05) is 18.7 Å². The average Bonchev–Trinajstić information content (AvgIpc) is 2.32. The van der Waals surface area contributed by atoms with E-state index in [0.717, 1.165) is 32.5 Å². The molecule has 2 nitrogen and oxygen atoms in total. The molecule has 0 amide bonds. The quantitative estimate of drug-likeness (QED) is 0.821. The van der Waals surface area contributed by atoms with Crippen LogP contribution in [0.2, 0.25) is 0 Å². The van der Waals surface area contributed by atoms with Crippen molar-refractivity contribution in [2.24, 2.45) is 0 Å². The van der Waals surface area contributed by atoms with Gasteiger partial charge in [-0.1, -0.05) is 42.1 Å². The van der Waals surface area contributed by atoms with Gasteiger partial charge in [0.2, 0.25) is 0 Å². The van der Waals surface area contributed by atoms with Gasteiger partial charge in [0.1, 0.15) is 0 Å². The Labute approximate surface area is 107 Å². The van der Waals surface area contributed by atoms with E-state index in [4.69, 9.17) is 0 Å². The van der Waals surface area contributed by atoms with Crippen molar-refractivity contribution in [3.63, 3.8) is 0 Å². The molecule has 1 aliphatic heterocycles. The Balaban J connectivity index is 1.78. The van der Waals surface area contributed by atoms with Crippen LogP contribution in [0.15, 0.2) is 30.3 Å². The van der Waals surface area contributed by atoms with E-state index in [1.807, 2.05) is 0 Å². The van der Waals surface area contributed by atoms with Gasteiger partial charge in [0.15, 0.2) is 5.12 Å². The lowest BCUT2D eigenvalue weighted by Gasteiger charge is -2.31. The first-order valence-electron chi connectivity index (χ1n) is 6.17. The van der Waals surface area contributed by atoms with Crippen LogP contribution >= 0.6 is 11.8 Å². The van der Waals surface area contributed by atoms with Gasteiger partial charge in [0.05, 0.1) is 0 Å². The molecule has 0 N–H and O–H groups in total. The predicted octanol–water partition coefficient (Wildman–Crippen LogP) is 2.93. The molecule has 0 unspecified atom stereocenters. The molecule has 1 aliphatic rings. The molecule has 1 fully saturated rings. The first-order valence-corrected chi connectivity index (χ1v) is 7.05. The summed E-state index contributed by atoms with van der Waals surface area (Å²) < 4.78 is 0. The molecule has 17 heavy (non-hydrogen) atoms. The molecular weight excluding hydrogens is 230 g/mol. The summed E-state index contributed by atoms with van der Waals surface area (Å²) in [4.78, 5) is 13.5. The zero-order valence-corrected chi connectivity index (χ0v) is 11.1. The molecule has 0 bridgehead atoms. The van der Waals surface area contributed by atoms with Gasteiger partial charge in [-0.25, -0.2) is 0 Å². The number of thioether (sulfide) groups is 1. The van der Waals surface area contributed by atoms with Crippen molar-refractivity contribution in [1.82, 2.24) is 4.90 Å². The molecule has 2 rings (SSSR count).